The lowest BCUT2D eigenvalue weighted by molar-refractivity contribution is -0.137. The second kappa shape index (κ2) is 9.89. The predicted molar refractivity (Wildman–Crippen MR) is 133 cm³/mol. The monoisotopic (exact) mass is 521 g/mol. The number of methoxy groups -OCH3 is 1. The van der Waals surface area contributed by atoms with Gasteiger partial charge in [-0.2, -0.15) is 13.2 Å². The third kappa shape index (κ3) is 5.09. The number of fused-ring (bicyclic) bond motifs is 1. The first-order chi connectivity index (χ1) is 18.1. The first-order valence-corrected chi connectivity index (χ1v) is 11.8. The van der Waals surface area contributed by atoms with E-state index in [1.165, 1.54) is 0 Å². The molecule has 0 radical (unpaired) electrons. The minimum Gasteiger partial charge on any atom is -0.497 e. The number of carbonyl (C=O) groups is 1. The van der Waals surface area contributed by atoms with Crippen LogP contribution in [0.4, 0.5) is 17.6 Å². The first-order valence-electron chi connectivity index (χ1n) is 11.8. The largest absolute Gasteiger partial charge is 0.497 e. The highest BCUT2D eigenvalue weighted by atomic mass is 19.4. The third-order valence-corrected chi connectivity index (χ3v) is 6.54. The summed E-state index contributed by atoms with van der Waals surface area (Å²) in [6.45, 7) is 2.63. The summed E-state index contributed by atoms with van der Waals surface area (Å²) in [5, 5.41) is 0. The van der Waals surface area contributed by atoms with Crippen LogP contribution in [0.15, 0.2) is 67.0 Å². The third-order valence-electron chi connectivity index (χ3n) is 6.54. The van der Waals surface area contributed by atoms with E-state index in [1.807, 2.05) is 31.2 Å². The van der Waals surface area contributed by atoms with Crippen LogP contribution in [0.1, 0.15) is 43.9 Å². The highest BCUT2D eigenvalue weighted by Crippen LogP contribution is 2.34. The summed E-state index contributed by atoms with van der Waals surface area (Å²) in [4.78, 5) is 23.8. The van der Waals surface area contributed by atoms with Crippen LogP contribution in [0.3, 0.4) is 0 Å². The molecule has 0 N–H and O–H groups in total. The molecule has 1 aliphatic heterocycles. The SMILES string of the molecule is COc1ccc(CN2Cc3c(ccnc3-c3cc(Cc4cc(F)cc(C(F)(F)F)c4)ncc3C)C2=O)cc1. The van der Waals surface area contributed by atoms with Crippen molar-refractivity contribution in [2.75, 3.05) is 7.11 Å². The van der Waals surface area contributed by atoms with Gasteiger partial charge < -0.3 is 9.64 Å². The minimum absolute atomic E-state index is 0.00562. The number of hydrogen-bond donors (Lipinski definition) is 0. The van der Waals surface area contributed by atoms with Crippen molar-refractivity contribution in [2.24, 2.45) is 0 Å². The number of hydrogen-bond acceptors (Lipinski definition) is 4. The Balaban J connectivity index is 1.44. The van der Waals surface area contributed by atoms with Crippen LogP contribution in [-0.2, 0) is 25.7 Å². The Morgan fingerprint density at radius 1 is 0.974 bits per heavy atom. The smallest absolute Gasteiger partial charge is 0.416 e. The standard InChI is InChI=1S/C29H23F4N3O2/c1-17-14-35-22(11-19-9-20(29(31,32)33)12-21(30)10-19)13-25(17)27-26-16-36(28(37)24(26)7-8-34-27)15-18-3-5-23(38-2)6-4-18/h3-10,12-14H,11,15-16H2,1-2H3. The van der Waals surface area contributed by atoms with Gasteiger partial charge in [-0.05, 0) is 66.1 Å². The van der Waals surface area contributed by atoms with Crippen molar-refractivity contribution in [2.45, 2.75) is 32.6 Å². The molecule has 0 saturated heterocycles. The number of rotatable bonds is 6. The van der Waals surface area contributed by atoms with Gasteiger partial charge >= 0.3 is 6.18 Å². The Hall–Kier alpha value is -4.27. The highest BCUT2D eigenvalue weighted by molar-refractivity contribution is 6.00. The lowest BCUT2D eigenvalue weighted by Gasteiger charge is -2.16. The normalized spacial score (nSPS) is 13.1. The molecule has 2 aromatic carbocycles. The molecule has 0 bridgehead atoms. The van der Waals surface area contributed by atoms with Crippen molar-refractivity contribution in [3.8, 4) is 17.0 Å². The predicted octanol–water partition coefficient (Wildman–Crippen LogP) is 6.37. The van der Waals surface area contributed by atoms with Crippen LogP contribution in [-0.4, -0.2) is 27.9 Å². The van der Waals surface area contributed by atoms with Crippen molar-refractivity contribution in [3.63, 3.8) is 0 Å². The van der Waals surface area contributed by atoms with E-state index >= 15 is 0 Å². The van der Waals surface area contributed by atoms with E-state index in [1.54, 1.807) is 36.5 Å². The van der Waals surface area contributed by atoms with Gasteiger partial charge in [0.1, 0.15) is 11.6 Å². The molecule has 0 aliphatic carbocycles. The van der Waals surface area contributed by atoms with Gasteiger partial charge in [-0.25, -0.2) is 4.39 Å². The van der Waals surface area contributed by atoms with Crippen LogP contribution in [0.2, 0.25) is 0 Å². The molecule has 0 spiro atoms. The van der Waals surface area contributed by atoms with Gasteiger partial charge in [-0.15, -0.1) is 0 Å². The number of aryl methyl sites for hydroxylation is 1. The van der Waals surface area contributed by atoms with Crippen molar-refractivity contribution in [1.29, 1.82) is 0 Å². The Morgan fingerprint density at radius 2 is 1.74 bits per heavy atom. The number of nitrogens with zero attached hydrogens (tertiary/aromatic N) is 3. The fourth-order valence-electron chi connectivity index (χ4n) is 4.64. The molecule has 0 atom stereocenters. The summed E-state index contributed by atoms with van der Waals surface area (Å²) >= 11 is 0. The van der Waals surface area contributed by atoms with Gasteiger partial charge in [0.15, 0.2) is 0 Å². The molecule has 194 valence electrons. The maximum absolute atomic E-state index is 13.9. The summed E-state index contributed by atoms with van der Waals surface area (Å²) < 4.78 is 58.6. The number of alkyl halides is 3. The Labute approximate surface area is 216 Å². The lowest BCUT2D eigenvalue weighted by atomic mass is 9.98. The molecule has 0 unspecified atom stereocenters. The molecule has 0 saturated carbocycles. The van der Waals surface area contributed by atoms with E-state index in [4.69, 9.17) is 4.74 Å². The number of benzene rings is 2. The van der Waals surface area contributed by atoms with Gasteiger partial charge in [0.25, 0.3) is 5.91 Å². The number of pyridine rings is 2. The summed E-state index contributed by atoms with van der Waals surface area (Å²) in [5.41, 5.74) is 4.00. The zero-order chi connectivity index (χ0) is 27.0. The average molecular weight is 522 g/mol. The van der Waals surface area contributed by atoms with Crippen molar-refractivity contribution in [3.05, 3.63) is 112 Å². The lowest BCUT2D eigenvalue weighted by Crippen LogP contribution is -2.23. The number of aromatic nitrogens is 2. The molecule has 1 amide bonds. The summed E-state index contributed by atoms with van der Waals surface area (Å²) in [6.07, 6.45) is -1.46. The number of carbonyl (C=O) groups excluding carboxylic acids is 1. The second-order valence-corrected chi connectivity index (χ2v) is 9.21. The molecular formula is C29H23F4N3O2. The second-order valence-electron chi connectivity index (χ2n) is 9.21. The van der Waals surface area contributed by atoms with E-state index in [0.29, 0.717) is 36.1 Å². The maximum Gasteiger partial charge on any atom is 0.416 e. The van der Waals surface area contributed by atoms with Gasteiger partial charge in [0.05, 0.1) is 18.4 Å². The van der Waals surface area contributed by atoms with Crippen molar-refractivity contribution < 1.29 is 27.1 Å². The molecule has 3 heterocycles. The van der Waals surface area contributed by atoms with E-state index in [2.05, 4.69) is 9.97 Å². The van der Waals surface area contributed by atoms with E-state index in [-0.39, 0.29) is 17.9 Å². The van der Waals surface area contributed by atoms with E-state index in [9.17, 15) is 22.4 Å². The summed E-state index contributed by atoms with van der Waals surface area (Å²) in [7, 11) is 1.59. The number of halogens is 4. The molecule has 5 rings (SSSR count). The highest BCUT2D eigenvalue weighted by Gasteiger charge is 2.32. The summed E-state index contributed by atoms with van der Waals surface area (Å²) in [6, 6.07) is 13.4. The van der Waals surface area contributed by atoms with Gasteiger partial charge in [-0.3, -0.25) is 14.8 Å². The zero-order valence-corrected chi connectivity index (χ0v) is 20.6. The molecule has 5 nitrogen and oxygen atoms in total. The minimum atomic E-state index is -4.65. The van der Waals surface area contributed by atoms with Crippen molar-refractivity contribution in [1.82, 2.24) is 14.9 Å². The topological polar surface area (TPSA) is 55.3 Å². The van der Waals surface area contributed by atoms with Gasteiger partial charge in [0, 0.05) is 54.3 Å². The summed E-state index contributed by atoms with van der Waals surface area (Å²) in [5.74, 6) is -0.334. The van der Waals surface area contributed by atoms with Gasteiger partial charge in [-0.1, -0.05) is 12.1 Å². The Kier molecular flexibility index (Phi) is 6.60. The molecule has 2 aromatic heterocycles. The molecule has 4 aromatic rings. The molecule has 1 aliphatic rings. The quantitative estimate of drug-likeness (QED) is 0.277. The molecule has 38 heavy (non-hydrogen) atoms. The van der Waals surface area contributed by atoms with Gasteiger partial charge in [0.2, 0.25) is 0 Å². The first kappa shape index (κ1) is 25.4. The fraction of sp³-hybridized carbons (Fsp3) is 0.207. The fourth-order valence-corrected chi connectivity index (χ4v) is 4.64. The maximum atomic E-state index is 13.9. The molecule has 9 heteroatoms. The van der Waals surface area contributed by atoms with Crippen LogP contribution in [0.25, 0.3) is 11.3 Å². The number of amides is 1. The van der Waals surface area contributed by atoms with Crippen LogP contribution in [0.5, 0.6) is 5.75 Å². The Bertz CT molecular complexity index is 1520. The average Bonchev–Trinajstić information content (AvgIpc) is 3.20. The number of ether oxygens (including phenoxy) is 1. The van der Waals surface area contributed by atoms with Crippen LogP contribution < -0.4 is 4.74 Å². The zero-order valence-electron chi connectivity index (χ0n) is 20.6. The van der Waals surface area contributed by atoms with Crippen LogP contribution in [0, 0.1) is 12.7 Å². The van der Waals surface area contributed by atoms with Crippen molar-refractivity contribution >= 4 is 5.91 Å². The van der Waals surface area contributed by atoms with E-state index < -0.39 is 17.6 Å². The molecule has 0 fully saturated rings. The molecular weight excluding hydrogens is 498 g/mol. The van der Waals surface area contributed by atoms with E-state index in [0.717, 1.165) is 40.1 Å². The van der Waals surface area contributed by atoms with Crippen LogP contribution >= 0.6 is 0 Å². The Morgan fingerprint density at radius 3 is 2.45 bits per heavy atom.